The Morgan fingerprint density at radius 1 is 1.27 bits per heavy atom. The zero-order valence-corrected chi connectivity index (χ0v) is 5.73. The number of fused-ring (bicyclic) bond motifs is 1. The summed E-state index contributed by atoms with van der Waals surface area (Å²) in [6, 6.07) is 1.80. The van der Waals surface area contributed by atoms with Gasteiger partial charge in [-0.2, -0.15) is 0 Å². The van der Waals surface area contributed by atoms with Crippen molar-refractivity contribution < 1.29 is 0 Å². The van der Waals surface area contributed by atoms with Crippen LogP contribution in [-0.4, -0.2) is 15.0 Å². The first kappa shape index (κ1) is 6.03. The molecule has 2 aromatic heterocycles. The molecule has 0 aliphatic carbocycles. The number of nitrogens with zero attached hydrogens (tertiary/aromatic N) is 3. The summed E-state index contributed by atoms with van der Waals surface area (Å²) < 4.78 is 0. The number of hydrogen-bond donors (Lipinski definition) is 1. The maximum Gasteiger partial charge on any atom is 0.220 e. The first-order valence-corrected chi connectivity index (χ1v) is 3.18. The second-order valence-corrected chi connectivity index (χ2v) is 2.16. The number of nitrogen functional groups attached to an aromatic ring is 1. The van der Waals surface area contributed by atoms with Crippen molar-refractivity contribution in [3.8, 4) is 0 Å². The molecule has 0 unspecified atom stereocenters. The number of aromatic nitrogens is 3. The Hall–Kier alpha value is -1.71. The molecule has 0 atom stereocenters. The molecule has 0 spiro atoms. The Morgan fingerprint density at radius 3 is 3.09 bits per heavy atom. The van der Waals surface area contributed by atoms with Gasteiger partial charge in [-0.05, 0) is 6.07 Å². The third-order valence-corrected chi connectivity index (χ3v) is 1.40. The quantitative estimate of drug-likeness (QED) is 0.591. The van der Waals surface area contributed by atoms with Crippen LogP contribution < -0.4 is 5.73 Å². The van der Waals surface area contributed by atoms with Gasteiger partial charge >= 0.3 is 0 Å². The molecule has 0 saturated heterocycles. The van der Waals surface area contributed by atoms with E-state index in [0.29, 0.717) is 5.95 Å². The van der Waals surface area contributed by atoms with Gasteiger partial charge in [0.25, 0.3) is 0 Å². The topological polar surface area (TPSA) is 64.7 Å². The molecule has 54 valence electrons. The first-order valence-electron chi connectivity index (χ1n) is 3.18. The summed E-state index contributed by atoms with van der Waals surface area (Å²) in [6.45, 7) is 0. The molecule has 2 aromatic rings. The fraction of sp³-hybridized carbons (Fsp3) is 0. The van der Waals surface area contributed by atoms with Crippen LogP contribution in [0.25, 0.3) is 10.9 Å². The van der Waals surface area contributed by atoms with Crippen LogP contribution in [0.2, 0.25) is 0 Å². The van der Waals surface area contributed by atoms with Crippen molar-refractivity contribution >= 4 is 16.9 Å². The van der Waals surface area contributed by atoms with Crippen molar-refractivity contribution in [1.29, 1.82) is 0 Å². The van der Waals surface area contributed by atoms with Gasteiger partial charge in [-0.1, -0.05) is 0 Å². The minimum atomic E-state index is 0.295. The molecular formula is C7H6N4. The molecule has 0 fully saturated rings. The van der Waals surface area contributed by atoms with Crippen LogP contribution in [0, 0.1) is 0 Å². The van der Waals surface area contributed by atoms with Crippen molar-refractivity contribution in [1.82, 2.24) is 15.0 Å². The van der Waals surface area contributed by atoms with Gasteiger partial charge in [-0.3, -0.25) is 4.98 Å². The van der Waals surface area contributed by atoms with Gasteiger partial charge in [0, 0.05) is 24.0 Å². The van der Waals surface area contributed by atoms with Gasteiger partial charge < -0.3 is 5.73 Å². The van der Waals surface area contributed by atoms with E-state index in [4.69, 9.17) is 5.73 Å². The molecule has 11 heavy (non-hydrogen) atoms. The second-order valence-electron chi connectivity index (χ2n) is 2.16. The van der Waals surface area contributed by atoms with Gasteiger partial charge in [0.2, 0.25) is 5.95 Å². The molecule has 0 bridgehead atoms. The van der Waals surface area contributed by atoms with Crippen LogP contribution in [0.1, 0.15) is 0 Å². The highest BCUT2D eigenvalue weighted by molar-refractivity contribution is 5.76. The van der Waals surface area contributed by atoms with Crippen LogP contribution in [0.3, 0.4) is 0 Å². The highest BCUT2D eigenvalue weighted by atomic mass is 15.0. The average molecular weight is 146 g/mol. The molecule has 0 aliphatic heterocycles. The van der Waals surface area contributed by atoms with E-state index in [1.807, 2.05) is 0 Å². The fourth-order valence-corrected chi connectivity index (χ4v) is 0.889. The molecule has 0 aromatic carbocycles. The number of anilines is 1. The number of rotatable bonds is 0. The predicted molar refractivity (Wildman–Crippen MR) is 41.7 cm³/mol. The molecule has 0 aliphatic rings. The lowest BCUT2D eigenvalue weighted by molar-refractivity contribution is 1.22. The van der Waals surface area contributed by atoms with Crippen molar-refractivity contribution in [2.24, 2.45) is 0 Å². The van der Waals surface area contributed by atoms with Crippen molar-refractivity contribution in [3.05, 3.63) is 24.7 Å². The largest absolute Gasteiger partial charge is 0.368 e. The molecule has 2 N–H and O–H groups in total. The summed E-state index contributed by atoms with van der Waals surface area (Å²) >= 11 is 0. The van der Waals surface area contributed by atoms with Gasteiger partial charge in [0.15, 0.2) is 0 Å². The Morgan fingerprint density at radius 2 is 2.18 bits per heavy atom. The number of nitrogens with two attached hydrogens (primary N) is 1. The summed E-state index contributed by atoms with van der Waals surface area (Å²) in [6.07, 6.45) is 5.04. The van der Waals surface area contributed by atoms with Crippen molar-refractivity contribution in [2.45, 2.75) is 0 Å². The summed E-state index contributed by atoms with van der Waals surface area (Å²) in [5.41, 5.74) is 6.21. The van der Waals surface area contributed by atoms with Crippen LogP contribution in [-0.2, 0) is 0 Å². The molecular weight excluding hydrogens is 140 g/mol. The van der Waals surface area contributed by atoms with Crippen LogP contribution in [0.5, 0.6) is 0 Å². The van der Waals surface area contributed by atoms with Crippen molar-refractivity contribution in [2.75, 3.05) is 5.73 Å². The summed E-state index contributed by atoms with van der Waals surface area (Å²) in [5.74, 6) is 0.295. The standard InChI is InChI=1S/C7H6N4/c8-7-10-4-5-3-9-2-1-6(5)11-7/h1-4H,(H2,8,10,11). The zero-order chi connectivity index (χ0) is 7.68. The van der Waals surface area contributed by atoms with Gasteiger partial charge in [-0.15, -0.1) is 0 Å². The fourth-order valence-electron chi connectivity index (χ4n) is 0.889. The van der Waals surface area contributed by atoms with E-state index in [2.05, 4.69) is 15.0 Å². The maximum absolute atomic E-state index is 5.38. The molecule has 0 radical (unpaired) electrons. The summed E-state index contributed by atoms with van der Waals surface area (Å²) in [4.78, 5) is 11.8. The minimum absolute atomic E-state index is 0.295. The third-order valence-electron chi connectivity index (χ3n) is 1.40. The lowest BCUT2D eigenvalue weighted by Gasteiger charge is -1.94. The predicted octanol–water partition coefficient (Wildman–Crippen LogP) is 0.607. The van der Waals surface area contributed by atoms with E-state index in [9.17, 15) is 0 Å². The Kier molecular flexibility index (Phi) is 1.18. The van der Waals surface area contributed by atoms with Gasteiger partial charge in [0.1, 0.15) is 0 Å². The van der Waals surface area contributed by atoms with Gasteiger partial charge in [0.05, 0.1) is 5.52 Å². The lowest BCUT2D eigenvalue weighted by atomic mass is 10.3. The van der Waals surface area contributed by atoms with E-state index in [-0.39, 0.29) is 0 Å². The summed E-state index contributed by atoms with van der Waals surface area (Å²) in [7, 11) is 0. The maximum atomic E-state index is 5.38. The Labute approximate surface area is 63.1 Å². The van der Waals surface area contributed by atoms with E-state index in [1.54, 1.807) is 24.7 Å². The summed E-state index contributed by atoms with van der Waals surface area (Å²) in [5, 5.41) is 0.904. The number of pyridine rings is 1. The van der Waals surface area contributed by atoms with E-state index < -0.39 is 0 Å². The lowest BCUT2D eigenvalue weighted by Crippen LogP contribution is -1.93. The SMILES string of the molecule is Nc1ncc2cnccc2n1. The molecule has 2 heterocycles. The molecule has 4 heteroatoms. The first-order chi connectivity index (χ1) is 5.36. The highest BCUT2D eigenvalue weighted by Crippen LogP contribution is 2.07. The van der Waals surface area contributed by atoms with E-state index >= 15 is 0 Å². The molecule has 0 saturated carbocycles. The van der Waals surface area contributed by atoms with E-state index in [1.165, 1.54) is 0 Å². The van der Waals surface area contributed by atoms with Crippen LogP contribution in [0.15, 0.2) is 24.7 Å². The molecule has 2 rings (SSSR count). The van der Waals surface area contributed by atoms with E-state index in [0.717, 1.165) is 10.9 Å². The number of hydrogen-bond acceptors (Lipinski definition) is 4. The molecule has 0 amide bonds. The normalized spacial score (nSPS) is 10.2. The van der Waals surface area contributed by atoms with Crippen LogP contribution in [0.4, 0.5) is 5.95 Å². The zero-order valence-electron chi connectivity index (χ0n) is 5.73. The monoisotopic (exact) mass is 146 g/mol. The Balaban J connectivity index is 2.83. The second kappa shape index (κ2) is 2.16. The van der Waals surface area contributed by atoms with Gasteiger partial charge in [-0.25, -0.2) is 9.97 Å². The average Bonchev–Trinajstić information content (AvgIpc) is 2.04. The van der Waals surface area contributed by atoms with Crippen molar-refractivity contribution in [3.63, 3.8) is 0 Å². The van der Waals surface area contributed by atoms with Crippen LogP contribution >= 0.6 is 0 Å². The Bertz CT molecular complexity index is 385. The smallest absolute Gasteiger partial charge is 0.220 e. The highest BCUT2D eigenvalue weighted by Gasteiger charge is 1.93. The third kappa shape index (κ3) is 0.980. The molecule has 4 nitrogen and oxygen atoms in total. The minimum Gasteiger partial charge on any atom is -0.368 e.